The van der Waals surface area contributed by atoms with E-state index >= 15 is 0 Å². The zero-order chi connectivity index (χ0) is 17.7. The van der Waals surface area contributed by atoms with Crippen LogP contribution in [0.25, 0.3) is 0 Å². The molecule has 0 radical (unpaired) electrons. The van der Waals surface area contributed by atoms with Crippen molar-refractivity contribution in [2.45, 2.75) is 52.4 Å². The molecular formula is C20H28N4O. The predicted molar refractivity (Wildman–Crippen MR) is 102 cm³/mol. The molecule has 0 saturated carbocycles. The summed E-state index contributed by atoms with van der Waals surface area (Å²) < 4.78 is 5.86. The summed E-state index contributed by atoms with van der Waals surface area (Å²) in [5.41, 5.74) is 2.28. The number of hydrogen-bond acceptors (Lipinski definition) is 5. The van der Waals surface area contributed by atoms with Gasteiger partial charge in [0, 0.05) is 25.7 Å². The van der Waals surface area contributed by atoms with Gasteiger partial charge in [-0.3, -0.25) is 0 Å². The van der Waals surface area contributed by atoms with Gasteiger partial charge in [0.1, 0.15) is 18.0 Å². The fraction of sp³-hybridized carbons (Fsp3) is 0.500. The van der Waals surface area contributed by atoms with Crippen molar-refractivity contribution in [2.75, 3.05) is 23.3 Å². The Bertz CT molecular complexity index is 690. The van der Waals surface area contributed by atoms with Crippen LogP contribution in [0.2, 0.25) is 0 Å². The van der Waals surface area contributed by atoms with E-state index in [9.17, 15) is 0 Å². The van der Waals surface area contributed by atoms with Crippen LogP contribution in [0.4, 0.5) is 11.6 Å². The summed E-state index contributed by atoms with van der Waals surface area (Å²) in [6, 6.07) is 10.5. The SMILES string of the molecule is CC(C)(C)OCc1cccc(CNc2cc(N3CCCC3)ncn2)c1. The number of hydrogen-bond donors (Lipinski definition) is 1. The Labute approximate surface area is 150 Å². The maximum Gasteiger partial charge on any atom is 0.134 e. The van der Waals surface area contributed by atoms with Crippen molar-refractivity contribution in [3.8, 4) is 0 Å². The summed E-state index contributed by atoms with van der Waals surface area (Å²) in [6.45, 7) is 9.77. The molecule has 1 aliphatic rings. The van der Waals surface area contributed by atoms with Gasteiger partial charge in [0.05, 0.1) is 12.2 Å². The Hall–Kier alpha value is -2.14. The molecule has 5 nitrogen and oxygen atoms in total. The highest BCUT2D eigenvalue weighted by Crippen LogP contribution is 2.20. The van der Waals surface area contributed by atoms with E-state index in [2.05, 4.69) is 65.2 Å². The molecule has 0 amide bonds. The van der Waals surface area contributed by atoms with Crippen LogP contribution in [0.15, 0.2) is 36.7 Å². The molecule has 1 aromatic heterocycles. The molecule has 1 N–H and O–H groups in total. The second-order valence-corrected chi connectivity index (χ2v) is 7.53. The smallest absolute Gasteiger partial charge is 0.134 e. The Morgan fingerprint density at radius 2 is 1.84 bits per heavy atom. The largest absolute Gasteiger partial charge is 0.371 e. The van der Waals surface area contributed by atoms with Gasteiger partial charge in [-0.2, -0.15) is 0 Å². The normalized spacial score (nSPS) is 14.8. The van der Waals surface area contributed by atoms with Crippen LogP contribution >= 0.6 is 0 Å². The average Bonchev–Trinajstić information content (AvgIpc) is 3.13. The van der Waals surface area contributed by atoms with E-state index in [4.69, 9.17) is 4.74 Å². The summed E-state index contributed by atoms with van der Waals surface area (Å²) in [6.07, 6.45) is 4.13. The number of ether oxygens (including phenoxy) is 1. The van der Waals surface area contributed by atoms with Crippen LogP contribution < -0.4 is 10.2 Å². The molecule has 1 aliphatic heterocycles. The quantitative estimate of drug-likeness (QED) is 0.861. The molecule has 134 valence electrons. The number of anilines is 2. The van der Waals surface area contributed by atoms with Crippen molar-refractivity contribution in [1.82, 2.24) is 9.97 Å². The minimum absolute atomic E-state index is 0.124. The first-order chi connectivity index (χ1) is 12.0. The molecule has 0 spiro atoms. The van der Waals surface area contributed by atoms with Crippen LogP contribution in [-0.2, 0) is 17.9 Å². The lowest BCUT2D eigenvalue weighted by Gasteiger charge is -2.19. The van der Waals surface area contributed by atoms with E-state index in [0.29, 0.717) is 6.61 Å². The van der Waals surface area contributed by atoms with Crippen LogP contribution in [0, 0.1) is 0 Å². The van der Waals surface area contributed by atoms with Gasteiger partial charge in [-0.15, -0.1) is 0 Å². The van der Waals surface area contributed by atoms with E-state index in [0.717, 1.165) is 31.3 Å². The molecule has 0 aliphatic carbocycles. The maximum atomic E-state index is 5.86. The second kappa shape index (κ2) is 7.83. The lowest BCUT2D eigenvalue weighted by Crippen LogP contribution is -2.19. The molecule has 1 saturated heterocycles. The third kappa shape index (κ3) is 5.43. The Kier molecular flexibility index (Phi) is 5.53. The summed E-state index contributed by atoms with van der Waals surface area (Å²) in [7, 11) is 0. The van der Waals surface area contributed by atoms with Gasteiger partial charge >= 0.3 is 0 Å². The predicted octanol–water partition coefficient (Wildman–Crippen LogP) is 4.00. The minimum Gasteiger partial charge on any atom is -0.371 e. The van der Waals surface area contributed by atoms with Gasteiger partial charge in [0.2, 0.25) is 0 Å². The molecule has 0 unspecified atom stereocenters. The summed E-state index contributed by atoms with van der Waals surface area (Å²) in [5.74, 6) is 1.88. The first-order valence-corrected chi connectivity index (χ1v) is 9.02. The fourth-order valence-electron chi connectivity index (χ4n) is 2.88. The van der Waals surface area contributed by atoms with Crippen molar-refractivity contribution < 1.29 is 4.74 Å². The van der Waals surface area contributed by atoms with E-state index in [1.54, 1.807) is 6.33 Å². The van der Waals surface area contributed by atoms with Crippen molar-refractivity contribution in [3.63, 3.8) is 0 Å². The first kappa shape index (κ1) is 17.7. The zero-order valence-electron chi connectivity index (χ0n) is 15.5. The third-order valence-corrected chi connectivity index (χ3v) is 4.22. The number of nitrogens with one attached hydrogen (secondary N) is 1. The van der Waals surface area contributed by atoms with Gasteiger partial charge in [-0.1, -0.05) is 24.3 Å². The van der Waals surface area contributed by atoms with E-state index in [1.807, 2.05) is 6.07 Å². The zero-order valence-corrected chi connectivity index (χ0v) is 15.5. The standard InChI is InChI=1S/C20H28N4O/c1-20(2,3)25-14-17-8-6-7-16(11-17)13-21-18-12-19(23-15-22-18)24-9-4-5-10-24/h6-8,11-12,15H,4-5,9-10,13-14H2,1-3H3,(H,21,22,23). The van der Waals surface area contributed by atoms with Gasteiger partial charge in [-0.25, -0.2) is 9.97 Å². The summed E-state index contributed by atoms with van der Waals surface area (Å²) >= 11 is 0. The minimum atomic E-state index is -0.124. The lowest BCUT2D eigenvalue weighted by molar-refractivity contribution is -0.0149. The van der Waals surface area contributed by atoms with Crippen molar-refractivity contribution >= 4 is 11.6 Å². The molecule has 1 aromatic carbocycles. The summed E-state index contributed by atoms with van der Waals surface area (Å²) in [5, 5.41) is 3.41. The number of aromatic nitrogens is 2. The highest BCUT2D eigenvalue weighted by molar-refractivity contribution is 5.49. The van der Waals surface area contributed by atoms with Crippen molar-refractivity contribution in [2.24, 2.45) is 0 Å². The van der Waals surface area contributed by atoms with Gasteiger partial charge < -0.3 is 15.0 Å². The van der Waals surface area contributed by atoms with Crippen molar-refractivity contribution in [1.29, 1.82) is 0 Å². The Morgan fingerprint density at radius 1 is 1.08 bits per heavy atom. The highest BCUT2D eigenvalue weighted by Gasteiger charge is 2.14. The van der Waals surface area contributed by atoms with Gasteiger partial charge in [0.25, 0.3) is 0 Å². The van der Waals surface area contributed by atoms with E-state index in [1.165, 1.54) is 24.0 Å². The molecule has 0 bridgehead atoms. The van der Waals surface area contributed by atoms with E-state index in [-0.39, 0.29) is 5.60 Å². The Balaban J connectivity index is 1.59. The average molecular weight is 340 g/mol. The summed E-state index contributed by atoms with van der Waals surface area (Å²) in [4.78, 5) is 11.1. The third-order valence-electron chi connectivity index (χ3n) is 4.22. The highest BCUT2D eigenvalue weighted by atomic mass is 16.5. The topological polar surface area (TPSA) is 50.3 Å². The Morgan fingerprint density at radius 3 is 2.60 bits per heavy atom. The molecule has 0 atom stereocenters. The number of benzene rings is 1. The fourth-order valence-corrected chi connectivity index (χ4v) is 2.88. The monoisotopic (exact) mass is 340 g/mol. The molecule has 2 heterocycles. The molecule has 5 heteroatoms. The second-order valence-electron chi connectivity index (χ2n) is 7.53. The van der Waals surface area contributed by atoms with Crippen LogP contribution in [-0.4, -0.2) is 28.7 Å². The molecule has 25 heavy (non-hydrogen) atoms. The maximum absolute atomic E-state index is 5.86. The first-order valence-electron chi connectivity index (χ1n) is 9.02. The molecule has 2 aromatic rings. The van der Waals surface area contributed by atoms with Gasteiger partial charge in [0.15, 0.2) is 0 Å². The van der Waals surface area contributed by atoms with E-state index < -0.39 is 0 Å². The van der Waals surface area contributed by atoms with Crippen LogP contribution in [0.3, 0.4) is 0 Å². The van der Waals surface area contributed by atoms with Crippen LogP contribution in [0.1, 0.15) is 44.7 Å². The molecular weight excluding hydrogens is 312 g/mol. The molecule has 1 fully saturated rings. The van der Waals surface area contributed by atoms with Gasteiger partial charge in [-0.05, 0) is 44.7 Å². The lowest BCUT2D eigenvalue weighted by atomic mass is 10.1. The number of nitrogens with zero attached hydrogens (tertiary/aromatic N) is 3. The molecule has 3 rings (SSSR count). The number of rotatable bonds is 6. The van der Waals surface area contributed by atoms with Crippen LogP contribution in [0.5, 0.6) is 0 Å². The van der Waals surface area contributed by atoms with Crippen molar-refractivity contribution in [3.05, 3.63) is 47.8 Å².